The van der Waals surface area contributed by atoms with Crippen LogP contribution in [0.25, 0.3) is 0 Å². The summed E-state index contributed by atoms with van der Waals surface area (Å²) in [6.45, 7) is 4.25. The summed E-state index contributed by atoms with van der Waals surface area (Å²) in [7, 11) is 3.30. The fourth-order valence-electron chi connectivity index (χ4n) is 1.87. The number of carbonyl (C=O) groups excluding carboxylic acids is 3. The lowest BCUT2D eigenvalue weighted by Crippen LogP contribution is -2.22. The minimum atomic E-state index is -1.10. The second-order valence-electron chi connectivity index (χ2n) is 5.91. The summed E-state index contributed by atoms with van der Waals surface area (Å²) < 4.78 is 1.43. The molecule has 156 valence electrons. The molecule has 0 unspecified atom stereocenters. The molecule has 29 heavy (non-hydrogen) atoms. The second kappa shape index (κ2) is 13.8. The van der Waals surface area contributed by atoms with Crippen molar-refractivity contribution in [2.24, 2.45) is 0 Å². The number of hydrogen-bond acceptors (Lipinski definition) is 4. The first-order valence-corrected chi connectivity index (χ1v) is 10.2. The van der Waals surface area contributed by atoms with E-state index in [2.05, 4.69) is 45.7 Å². The van der Waals surface area contributed by atoms with Gasteiger partial charge in [0.25, 0.3) is 5.91 Å². The number of aldehydes is 2. The molecule has 0 saturated heterocycles. The predicted octanol–water partition coefficient (Wildman–Crippen LogP) is 5.34. The second-order valence-corrected chi connectivity index (χ2v) is 7.74. The van der Waals surface area contributed by atoms with Crippen LogP contribution in [0, 0.1) is 0 Å². The van der Waals surface area contributed by atoms with Crippen molar-refractivity contribution in [1.82, 2.24) is 4.90 Å². The maximum atomic E-state index is 11.6. The van der Waals surface area contributed by atoms with Crippen LogP contribution in [0.1, 0.15) is 61.7 Å². The number of carboxylic acids is 1. The van der Waals surface area contributed by atoms with E-state index in [1.807, 2.05) is 0 Å². The number of carboxylic acid groups (broad SMARTS) is 1. The number of aromatic carboxylic acids is 1. The van der Waals surface area contributed by atoms with Gasteiger partial charge in [-0.3, -0.25) is 14.4 Å². The molecule has 1 N–H and O–H groups in total. The Labute approximate surface area is 187 Å². The summed E-state index contributed by atoms with van der Waals surface area (Å²) in [5.41, 5.74) is 1.02. The maximum absolute atomic E-state index is 11.6. The molecule has 0 atom stereocenters. The molecule has 0 fully saturated rings. The van der Waals surface area contributed by atoms with Gasteiger partial charge < -0.3 is 10.0 Å². The molecule has 0 heterocycles. The molecule has 0 aliphatic rings. The fraction of sp³-hybridized carbons (Fsp3) is 0.238. The van der Waals surface area contributed by atoms with Gasteiger partial charge in [-0.2, -0.15) is 0 Å². The van der Waals surface area contributed by atoms with Crippen LogP contribution < -0.4 is 0 Å². The molecule has 2 rings (SSSR count). The van der Waals surface area contributed by atoms with Gasteiger partial charge in [0.05, 0.1) is 11.1 Å². The van der Waals surface area contributed by atoms with Crippen molar-refractivity contribution in [3.05, 3.63) is 67.6 Å². The lowest BCUT2D eigenvalue weighted by Gasteiger charge is -2.11. The molecule has 0 aromatic heterocycles. The Morgan fingerprint density at radius 3 is 1.62 bits per heavy atom. The van der Waals surface area contributed by atoms with Gasteiger partial charge in [0.15, 0.2) is 12.6 Å². The molecule has 0 radical (unpaired) electrons. The molecule has 0 aliphatic carbocycles. The third-order valence-electron chi connectivity index (χ3n) is 3.15. The van der Waals surface area contributed by atoms with Crippen molar-refractivity contribution in [3.8, 4) is 0 Å². The Hall–Kier alpha value is -2.32. The molecule has 6 nitrogen and oxygen atoms in total. The van der Waals surface area contributed by atoms with Crippen LogP contribution in [0.4, 0.5) is 0 Å². The zero-order valence-corrected chi connectivity index (χ0v) is 19.8. The van der Waals surface area contributed by atoms with E-state index < -0.39 is 5.97 Å². The summed E-state index contributed by atoms with van der Waals surface area (Å²) in [4.78, 5) is 44.7. The summed E-state index contributed by atoms with van der Waals surface area (Å²) >= 11 is 6.37. The van der Waals surface area contributed by atoms with Crippen LogP contribution in [-0.2, 0) is 0 Å². The highest BCUT2D eigenvalue weighted by Crippen LogP contribution is 2.17. The van der Waals surface area contributed by atoms with Crippen molar-refractivity contribution in [2.45, 2.75) is 20.3 Å². The van der Waals surface area contributed by atoms with Crippen molar-refractivity contribution >= 4 is 56.3 Å². The van der Waals surface area contributed by atoms with Gasteiger partial charge in [-0.15, -0.1) is 0 Å². The number of benzene rings is 2. The summed E-state index contributed by atoms with van der Waals surface area (Å²) in [5.74, 6) is -1.27. The normalized spacial score (nSPS) is 9.17. The average Bonchev–Trinajstić information content (AvgIpc) is 2.68. The Kier molecular flexibility index (Phi) is 12.7. The smallest absolute Gasteiger partial charge is 0.336 e. The third kappa shape index (κ3) is 9.15. The third-order valence-corrected chi connectivity index (χ3v) is 4.14. The Balaban J connectivity index is 0.000000481. The Bertz CT molecular complexity index is 866. The molecular formula is C21H23Br2NO5. The van der Waals surface area contributed by atoms with Crippen LogP contribution in [-0.4, -0.2) is 48.6 Å². The highest BCUT2D eigenvalue weighted by atomic mass is 79.9. The van der Waals surface area contributed by atoms with Gasteiger partial charge in [-0.25, -0.2) is 4.79 Å². The summed E-state index contributed by atoms with van der Waals surface area (Å²) in [6, 6.07) is 9.47. The number of carbonyl (C=O) groups is 4. The highest BCUT2D eigenvalue weighted by Gasteiger charge is 2.13. The van der Waals surface area contributed by atoms with E-state index in [0.717, 1.165) is 4.47 Å². The van der Waals surface area contributed by atoms with E-state index in [-0.39, 0.29) is 17.0 Å². The number of hydrogen-bond donors (Lipinski definition) is 1. The van der Waals surface area contributed by atoms with Crippen LogP contribution in [0.3, 0.4) is 0 Å². The number of rotatable bonds is 4. The monoisotopic (exact) mass is 527 g/mol. The van der Waals surface area contributed by atoms with E-state index in [1.165, 1.54) is 23.5 Å². The molecule has 2 aromatic carbocycles. The lowest BCUT2D eigenvalue weighted by atomic mass is 10.1. The van der Waals surface area contributed by atoms with Gasteiger partial charge in [0.2, 0.25) is 0 Å². The fourth-order valence-corrected chi connectivity index (χ4v) is 2.60. The predicted molar refractivity (Wildman–Crippen MR) is 120 cm³/mol. The SMILES string of the molecule is CCC.CN(C)C(=O)c1cc(Br)ccc1C=O.O=Cc1ccc(Br)cc1C(=O)O. The van der Waals surface area contributed by atoms with E-state index >= 15 is 0 Å². The van der Waals surface area contributed by atoms with Crippen LogP contribution in [0.5, 0.6) is 0 Å². The first-order valence-electron chi connectivity index (χ1n) is 8.57. The topological polar surface area (TPSA) is 91.8 Å². The van der Waals surface area contributed by atoms with Crippen molar-refractivity contribution in [1.29, 1.82) is 0 Å². The molecular weight excluding hydrogens is 506 g/mol. The first kappa shape index (κ1) is 26.7. The van der Waals surface area contributed by atoms with Gasteiger partial charge in [-0.05, 0) is 36.4 Å². The zero-order valence-electron chi connectivity index (χ0n) is 16.6. The average molecular weight is 529 g/mol. The van der Waals surface area contributed by atoms with Crippen LogP contribution in [0.15, 0.2) is 45.3 Å². The molecule has 0 aliphatic heterocycles. The van der Waals surface area contributed by atoms with Gasteiger partial charge in [0.1, 0.15) is 0 Å². The Morgan fingerprint density at radius 1 is 0.897 bits per heavy atom. The lowest BCUT2D eigenvalue weighted by molar-refractivity contribution is 0.0693. The van der Waals surface area contributed by atoms with Crippen LogP contribution >= 0.6 is 31.9 Å². The highest BCUT2D eigenvalue weighted by molar-refractivity contribution is 9.10. The number of halogens is 2. The van der Waals surface area contributed by atoms with E-state index in [0.29, 0.717) is 28.2 Å². The van der Waals surface area contributed by atoms with Gasteiger partial charge in [-0.1, -0.05) is 52.1 Å². The minimum absolute atomic E-state index is 0.0133. The molecule has 1 amide bonds. The molecule has 0 spiro atoms. The zero-order chi connectivity index (χ0) is 22.6. The molecule has 2 aromatic rings. The molecule has 0 bridgehead atoms. The quantitative estimate of drug-likeness (QED) is 0.541. The largest absolute Gasteiger partial charge is 0.478 e. The van der Waals surface area contributed by atoms with E-state index in [4.69, 9.17) is 5.11 Å². The summed E-state index contributed by atoms with van der Waals surface area (Å²) in [5, 5.41) is 8.64. The minimum Gasteiger partial charge on any atom is -0.478 e. The molecule has 8 heteroatoms. The first-order chi connectivity index (χ1) is 13.6. The van der Waals surface area contributed by atoms with Crippen molar-refractivity contribution < 1.29 is 24.3 Å². The number of nitrogens with zero attached hydrogens (tertiary/aromatic N) is 1. The van der Waals surface area contributed by atoms with Crippen molar-refractivity contribution in [2.75, 3.05) is 14.1 Å². The Morgan fingerprint density at radius 2 is 1.28 bits per heavy atom. The summed E-state index contributed by atoms with van der Waals surface area (Å²) in [6.07, 6.45) is 2.46. The maximum Gasteiger partial charge on any atom is 0.336 e. The van der Waals surface area contributed by atoms with Crippen LogP contribution in [0.2, 0.25) is 0 Å². The van der Waals surface area contributed by atoms with Gasteiger partial charge >= 0.3 is 5.97 Å². The van der Waals surface area contributed by atoms with E-state index in [1.54, 1.807) is 38.4 Å². The van der Waals surface area contributed by atoms with Gasteiger partial charge in [0, 0.05) is 34.2 Å². The standard InChI is InChI=1S/C10H10BrNO2.C8H5BrO3.C3H8/c1-12(2)10(14)9-5-8(11)4-3-7(9)6-13;9-6-2-1-5(4-10)7(3-6)8(11)12;1-3-2/h3-6H,1-2H3;1-4H,(H,11,12);3H2,1-2H3. The van der Waals surface area contributed by atoms with Crippen molar-refractivity contribution in [3.63, 3.8) is 0 Å². The number of amides is 1. The van der Waals surface area contributed by atoms with E-state index in [9.17, 15) is 19.2 Å². The molecule has 0 saturated carbocycles.